The number of esters is 3. The van der Waals surface area contributed by atoms with E-state index in [1.807, 2.05) is 0 Å². The van der Waals surface area contributed by atoms with Crippen molar-refractivity contribution in [2.24, 2.45) is 0 Å². The SMILES string of the molecule is CC/C=C\C/C=C\C/C=C\C/C=C\C/C=C\CCCC(=O)OCC(COC(=O)CCCCCCCCC/C=C\CCCCCCCCCC)OC(=O)CCCCCCC/C=C\CCCCCCCCCCC. The molecular weight excluding hydrogens is 889 g/mol. The maximum absolute atomic E-state index is 12.9. The summed E-state index contributed by atoms with van der Waals surface area (Å²) in [6.07, 6.45) is 78.7. The minimum atomic E-state index is -0.807. The Hall–Kier alpha value is -3.41. The highest BCUT2D eigenvalue weighted by atomic mass is 16.6. The van der Waals surface area contributed by atoms with E-state index in [0.717, 1.165) is 89.9 Å². The molecule has 0 aliphatic carbocycles. The monoisotopic (exact) mass is 1000 g/mol. The van der Waals surface area contributed by atoms with Crippen molar-refractivity contribution in [1.82, 2.24) is 0 Å². The van der Waals surface area contributed by atoms with Crippen LogP contribution in [0.2, 0.25) is 0 Å². The van der Waals surface area contributed by atoms with E-state index in [-0.39, 0.29) is 37.5 Å². The van der Waals surface area contributed by atoms with Crippen molar-refractivity contribution in [3.8, 4) is 0 Å². The summed E-state index contributed by atoms with van der Waals surface area (Å²) in [6.45, 7) is 6.49. The Balaban J connectivity index is 4.46. The van der Waals surface area contributed by atoms with Gasteiger partial charge in [-0.2, -0.15) is 0 Å². The number of ether oxygens (including phenoxy) is 3. The van der Waals surface area contributed by atoms with Crippen LogP contribution < -0.4 is 0 Å². The van der Waals surface area contributed by atoms with Crippen molar-refractivity contribution >= 4 is 17.9 Å². The van der Waals surface area contributed by atoms with Gasteiger partial charge in [0, 0.05) is 19.3 Å². The summed E-state index contributed by atoms with van der Waals surface area (Å²) in [6, 6.07) is 0. The Morgan fingerprint density at radius 3 is 0.917 bits per heavy atom. The molecule has 0 aromatic rings. The number of unbranched alkanes of at least 4 members (excludes halogenated alkanes) is 30. The third-order valence-corrected chi connectivity index (χ3v) is 13.1. The summed E-state index contributed by atoms with van der Waals surface area (Å²) in [4.78, 5) is 38.2. The summed E-state index contributed by atoms with van der Waals surface area (Å²) in [7, 11) is 0. The van der Waals surface area contributed by atoms with Crippen molar-refractivity contribution < 1.29 is 28.6 Å². The van der Waals surface area contributed by atoms with Gasteiger partial charge in [0.1, 0.15) is 13.2 Å². The first kappa shape index (κ1) is 68.6. The largest absolute Gasteiger partial charge is 0.462 e. The van der Waals surface area contributed by atoms with E-state index >= 15 is 0 Å². The van der Waals surface area contributed by atoms with Crippen LogP contribution in [0.25, 0.3) is 0 Å². The number of hydrogen-bond donors (Lipinski definition) is 0. The fourth-order valence-corrected chi connectivity index (χ4v) is 8.53. The van der Waals surface area contributed by atoms with Crippen LogP contribution >= 0.6 is 0 Å². The standard InChI is InChI=1S/C66H114O6/c1-4-7-10-13-16-19-22-25-28-31-33-36-38-41-44-47-50-53-56-59-65(68)71-62-63(61-70-64(67)58-55-52-49-46-43-40-37-34-30-27-24-21-18-15-12-9-6-3)72-66(69)60-57-54-51-48-45-42-39-35-32-29-26-23-20-17-14-11-8-5-2/h9,12,18,21,27,30-31,33,35,37,39-40,46,49,63H,4-8,10-11,13-17,19-20,22-26,28-29,32,34,36,38,41-45,47-48,50-62H2,1-3H3/b12-9-,21-18-,30-27-,33-31-,39-35-,40-37-,49-46-. The second-order valence-electron chi connectivity index (χ2n) is 20.2. The van der Waals surface area contributed by atoms with Gasteiger partial charge in [-0.15, -0.1) is 0 Å². The molecule has 0 aliphatic rings. The summed E-state index contributed by atoms with van der Waals surface area (Å²) in [5.41, 5.74) is 0. The van der Waals surface area contributed by atoms with E-state index < -0.39 is 6.10 Å². The lowest BCUT2D eigenvalue weighted by Crippen LogP contribution is -2.30. The van der Waals surface area contributed by atoms with Crippen molar-refractivity contribution in [2.75, 3.05) is 13.2 Å². The van der Waals surface area contributed by atoms with Crippen LogP contribution in [0.4, 0.5) is 0 Å². The normalized spacial score (nSPS) is 12.7. The number of hydrogen-bond acceptors (Lipinski definition) is 6. The van der Waals surface area contributed by atoms with Crippen molar-refractivity contribution in [3.05, 3.63) is 85.1 Å². The number of rotatable bonds is 55. The van der Waals surface area contributed by atoms with Crippen LogP contribution in [0.1, 0.15) is 297 Å². The summed E-state index contributed by atoms with van der Waals surface area (Å²) in [5.74, 6) is -0.963. The first-order valence-electron chi connectivity index (χ1n) is 30.6. The highest BCUT2D eigenvalue weighted by molar-refractivity contribution is 5.71. The van der Waals surface area contributed by atoms with Crippen LogP contribution in [0, 0.1) is 0 Å². The smallest absolute Gasteiger partial charge is 0.306 e. The van der Waals surface area contributed by atoms with Gasteiger partial charge in [-0.1, -0.05) is 254 Å². The topological polar surface area (TPSA) is 78.9 Å². The van der Waals surface area contributed by atoms with Crippen LogP contribution in [0.15, 0.2) is 85.1 Å². The predicted molar refractivity (Wildman–Crippen MR) is 311 cm³/mol. The molecule has 0 aromatic heterocycles. The first-order chi connectivity index (χ1) is 35.5. The van der Waals surface area contributed by atoms with E-state index in [1.165, 1.54) is 161 Å². The molecule has 0 saturated carbocycles. The molecule has 72 heavy (non-hydrogen) atoms. The lowest BCUT2D eigenvalue weighted by atomic mass is 10.1. The number of carbonyl (C=O) groups excluding carboxylic acids is 3. The fraction of sp³-hybridized carbons (Fsp3) is 0.742. The molecule has 0 aromatic carbocycles. The molecule has 0 fully saturated rings. The molecule has 0 N–H and O–H groups in total. The summed E-state index contributed by atoms with van der Waals surface area (Å²) in [5, 5.41) is 0. The van der Waals surface area contributed by atoms with Gasteiger partial charge < -0.3 is 14.2 Å². The van der Waals surface area contributed by atoms with Gasteiger partial charge in [0.15, 0.2) is 6.10 Å². The van der Waals surface area contributed by atoms with E-state index in [0.29, 0.717) is 19.3 Å². The molecule has 0 spiro atoms. The number of allylic oxidation sites excluding steroid dienone is 14. The van der Waals surface area contributed by atoms with Crippen molar-refractivity contribution in [3.63, 3.8) is 0 Å². The average Bonchev–Trinajstić information content (AvgIpc) is 3.38. The Labute approximate surface area is 445 Å². The van der Waals surface area contributed by atoms with Gasteiger partial charge in [0.25, 0.3) is 0 Å². The Morgan fingerprint density at radius 2 is 0.556 bits per heavy atom. The van der Waals surface area contributed by atoms with Crippen molar-refractivity contribution in [1.29, 1.82) is 0 Å². The van der Waals surface area contributed by atoms with Crippen LogP contribution in [0.3, 0.4) is 0 Å². The minimum Gasteiger partial charge on any atom is -0.462 e. The highest BCUT2D eigenvalue weighted by Crippen LogP contribution is 2.15. The quantitative estimate of drug-likeness (QED) is 0.0261. The zero-order valence-electron chi connectivity index (χ0n) is 47.4. The molecule has 0 radical (unpaired) electrons. The fourth-order valence-electron chi connectivity index (χ4n) is 8.53. The second-order valence-corrected chi connectivity index (χ2v) is 20.2. The Kier molecular flexibility index (Phi) is 57.3. The molecule has 0 saturated heterocycles. The molecule has 0 aliphatic heterocycles. The molecule has 1 atom stereocenters. The van der Waals surface area contributed by atoms with Crippen molar-refractivity contribution in [2.45, 2.75) is 303 Å². The van der Waals surface area contributed by atoms with Gasteiger partial charge >= 0.3 is 17.9 Å². The second kappa shape index (κ2) is 60.1. The van der Waals surface area contributed by atoms with E-state index in [9.17, 15) is 14.4 Å². The summed E-state index contributed by atoms with van der Waals surface area (Å²) >= 11 is 0. The molecule has 6 nitrogen and oxygen atoms in total. The lowest BCUT2D eigenvalue weighted by Gasteiger charge is -2.18. The van der Waals surface area contributed by atoms with E-state index in [2.05, 4.69) is 106 Å². The van der Waals surface area contributed by atoms with Gasteiger partial charge in [-0.05, 0) is 109 Å². The maximum Gasteiger partial charge on any atom is 0.306 e. The maximum atomic E-state index is 12.9. The van der Waals surface area contributed by atoms with Crippen LogP contribution in [-0.2, 0) is 28.6 Å². The van der Waals surface area contributed by atoms with E-state index in [4.69, 9.17) is 14.2 Å². The summed E-state index contributed by atoms with van der Waals surface area (Å²) < 4.78 is 16.9. The zero-order valence-corrected chi connectivity index (χ0v) is 47.4. The lowest BCUT2D eigenvalue weighted by molar-refractivity contribution is -0.167. The molecular formula is C66H114O6. The Morgan fingerprint density at radius 1 is 0.292 bits per heavy atom. The predicted octanol–water partition coefficient (Wildman–Crippen LogP) is 20.7. The van der Waals surface area contributed by atoms with Crippen LogP contribution in [-0.4, -0.2) is 37.2 Å². The Bertz CT molecular complexity index is 1380. The molecule has 0 amide bonds. The van der Waals surface area contributed by atoms with Gasteiger partial charge in [-0.3, -0.25) is 14.4 Å². The molecule has 0 bridgehead atoms. The molecule has 414 valence electrons. The molecule has 1 unspecified atom stereocenters. The van der Waals surface area contributed by atoms with Gasteiger partial charge in [-0.25, -0.2) is 0 Å². The highest BCUT2D eigenvalue weighted by Gasteiger charge is 2.19. The van der Waals surface area contributed by atoms with Crippen LogP contribution in [0.5, 0.6) is 0 Å². The number of carbonyl (C=O) groups is 3. The van der Waals surface area contributed by atoms with Gasteiger partial charge in [0.2, 0.25) is 0 Å². The zero-order chi connectivity index (χ0) is 52.2. The third-order valence-electron chi connectivity index (χ3n) is 13.1. The molecule has 0 rings (SSSR count). The van der Waals surface area contributed by atoms with E-state index in [1.54, 1.807) is 0 Å². The third kappa shape index (κ3) is 57.5. The minimum absolute atomic E-state index is 0.0991. The van der Waals surface area contributed by atoms with Gasteiger partial charge in [0.05, 0.1) is 0 Å². The molecule has 6 heteroatoms. The molecule has 0 heterocycles. The average molecular weight is 1000 g/mol. The first-order valence-corrected chi connectivity index (χ1v) is 30.6.